The first-order valence-corrected chi connectivity index (χ1v) is 9.62. The highest BCUT2D eigenvalue weighted by Gasteiger charge is 2.44. The Morgan fingerprint density at radius 3 is 2.72 bits per heavy atom. The van der Waals surface area contributed by atoms with Gasteiger partial charge in [-0.15, -0.1) is 0 Å². The van der Waals surface area contributed by atoms with Gasteiger partial charge in [-0.3, -0.25) is 14.5 Å². The summed E-state index contributed by atoms with van der Waals surface area (Å²) in [5, 5.41) is 2.90. The number of hydrogen-bond acceptors (Lipinski definition) is 3. The van der Waals surface area contributed by atoms with Crippen molar-refractivity contribution in [3.63, 3.8) is 0 Å². The quantitative estimate of drug-likeness (QED) is 0.679. The Morgan fingerprint density at radius 1 is 1.12 bits per heavy atom. The molecule has 0 spiro atoms. The monoisotopic (exact) mass is 350 g/mol. The molecule has 126 valence electrons. The zero-order valence-corrected chi connectivity index (χ0v) is 14.7. The molecule has 2 aromatic rings. The molecule has 25 heavy (non-hydrogen) atoms. The van der Waals surface area contributed by atoms with Crippen molar-refractivity contribution < 1.29 is 9.59 Å². The molecule has 4 rings (SSSR count). The molecule has 0 saturated heterocycles. The van der Waals surface area contributed by atoms with Crippen LogP contribution in [-0.2, 0) is 9.59 Å². The molecule has 2 aromatic carbocycles. The van der Waals surface area contributed by atoms with Crippen LogP contribution in [0, 0.1) is 0 Å². The molecule has 5 heteroatoms. The van der Waals surface area contributed by atoms with Gasteiger partial charge in [0.2, 0.25) is 11.8 Å². The predicted octanol–water partition coefficient (Wildman–Crippen LogP) is 3.41. The van der Waals surface area contributed by atoms with E-state index in [-0.39, 0.29) is 11.8 Å². The second-order valence-corrected chi connectivity index (χ2v) is 7.05. The van der Waals surface area contributed by atoms with E-state index in [1.807, 2.05) is 60.9 Å². The second-order valence-electron chi connectivity index (χ2n) is 6.07. The van der Waals surface area contributed by atoms with Crippen LogP contribution in [0.3, 0.4) is 0 Å². The maximum atomic E-state index is 13.2. The summed E-state index contributed by atoms with van der Waals surface area (Å²) in [6.45, 7) is 0.565. The van der Waals surface area contributed by atoms with E-state index in [4.69, 9.17) is 0 Å². The van der Waals surface area contributed by atoms with Crippen LogP contribution in [0.4, 0.5) is 11.4 Å². The highest BCUT2D eigenvalue weighted by molar-refractivity contribution is 7.98. The third kappa shape index (κ3) is 2.55. The van der Waals surface area contributed by atoms with E-state index in [2.05, 4.69) is 5.32 Å². The first-order valence-electron chi connectivity index (χ1n) is 8.23. The number of amides is 2. The first kappa shape index (κ1) is 16.0. The summed E-state index contributed by atoms with van der Waals surface area (Å²) < 4.78 is 0. The predicted molar refractivity (Wildman–Crippen MR) is 103 cm³/mol. The van der Waals surface area contributed by atoms with E-state index < -0.39 is 5.92 Å². The van der Waals surface area contributed by atoms with Crippen LogP contribution in [0.5, 0.6) is 0 Å². The number of nitrogens with zero attached hydrogens (tertiary/aromatic N) is 1. The number of benzene rings is 2. The Labute approximate surface area is 150 Å². The molecule has 2 heterocycles. The highest BCUT2D eigenvalue weighted by Crippen LogP contribution is 2.47. The van der Waals surface area contributed by atoms with Crippen molar-refractivity contribution in [3.8, 4) is 0 Å². The number of thioether (sulfide) groups is 1. The van der Waals surface area contributed by atoms with Crippen LogP contribution in [0.1, 0.15) is 22.6 Å². The average molecular weight is 350 g/mol. The fourth-order valence-corrected chi connectivity index (χ4v) is 3.77. The van der Waals surface area contributed by atoms with Crippen molar-refractivity contribution in [1.29, 1.82) is 0 Å². The molecule has 0 aromatic heterocycles. The summed E-state index contributed by atoms with van der Waals surface area (Å²) in [5.41, 5.74) is 4.38. The number of hydrogen-bond donors (Lipinski definition) is 1. The normalized spacial score (nSPS) is 17.1. The molecule has 0 aliphatic carbocycles. The molecule has 1 atom stereocenters. The van der Waals surface area contributed by atoms with Gasteiger partial charge < -0.3 is 5.32 Å². The number of fused-ring (bicyclic) bond motifs is 2. The van der Waals surface area contributed by atoms with Crippen molar-refractivity contribution in [1.82, 2.24) is 5.32 Å². The number of carbonyl (C=O) groups excluding carboxylic acids is 2. The molecule has 0 fully saturated rings. The minimum atomic E-state index is -0.781. The van der Waals surface area contributed by atoms with E-state index in [0.717, 1.165) is 33.8 Å². The van der Waals surface area contributed by atoms with Gasteiger partial charge in [-0.2, -0.15) is 11.8 Å². The van der Waals surface area contributed by atoms with Crippen LogP contribution < -0.4 is 10.2 Å². The van der Waals surface area contributed by atoms with Crippen molar-refractivity contribution in [2.75, 3.05) is 23.5 Å². The molecule has 2 aliphatic heterocycles. The number of rotatable bonds is 4. The molecule has 0 radical (unpaired) electrons. The molecular weight excluding hydrogens is 332 g/mol. The fourth-order valence-electron chi connectivity index (χ4n) is 3.46. The first-order chi connectivity index (χ1) is 12.2. The van der Waals surface area contributed by atoms with E-state index in [1.54, 1.807) is 16.7 Å². The van der Waals surface area contributed by atoms with Crippen LogP contribution in [0.25, 0.3) is 12.2 Å². The van der Waals surface area contributed by atoms with Crippen LogP contribution in [0.2, 0.25) is 0 Å². The smallest absolute Gasteiger partial charge is 0.248 e. The average Bonchev–Trinajstić information content (AvgIpc) is 2.81. The topological polar surface area (TPSA) is 49.4 Å². The van der Waals surface area contributed by atoms with Crippen LogP contribution in [0.15, 0.2) is 42.5 Å². The summed E-state index contributed by atoms with van der Waals surface area (Å²) >= 11 is 1.66. The molecule has 0 saturated carbocycles. The van der Waals surface area contributed by atoms with Crippen molar-refractivity contribution in [3.05, 3.63) is 59.2 Å². The third-order valence-electron chi connectivity index (χ3n) is 4.59. The van der Waals surface area contributed by atoms with Crippen molar-refractivity contribution >= 4 is 47.1 Å². The molecule has 2 aliphatic rings. The highest BCUT2D eigenvalue weighted by atomic mass is 32.2. The van der Waals surface area contributed by atoms with Gasteiger partial charge in [0.05, 0.1) is 11.4 Å². The van der Waals surface area contributed by atoms with Gasteiger partial charge >= 0.3 is 0 Å². The zero-order chi connectivity index (χ0) is 17.4. The van der Waals surface area contributed by atoms with Crippen molar-refractivity contribution in [2.45, 2.75) is 5.92 Å². The van der Waals surface area contributed by atoms with Gasteiger partial charge in [-0.1, -0.05) is 48.6 Å². The lowest BCUT2D eigenvalue weighted by Crippen LogP contribution is -2.36. The second kappa shape index (κ2) is 6.41. The van der Waals surface area contributed by atoms with E-state index in [9.17, 15) is 9.59 Å². The maximum Gasteiger partial charge on any atom is 0.248 e. The zero-order valence-electron chi connectivity index (χ0n) is 13.9. The molecule has 1 unspecified atom stereocenters. The summed E-state index contributed by atoms with van der Waals surface area (Å²) in [5.74, 6) is -0.354. The maximum absolute atomic E-state index is 13.2. The fraction of sp³-hybridized carbons (Fsp3) is 0.200. The van der Waals surface area contributed by atoms with E-state index in [0.29, 0.717) is 6.54 Å². The lowest BCUT2D eigenvalue weighted by atomic mass is 9.97. The largest absolute Gasteiger partial charge is 0.354 e. The lowest BCUT2D eigenvalue weighted by molar-refractivity contribution is -0.129. The Kier molecular flexibility index (Phi) is 4.09. The number of para-hydroxylation sites is 2. The van der Waals surface area contributed by atoms with Gasteiger partial charge in [0, 0.05) is 12.3 Å². The van der Waals surface area contributed by atoms with Gasteiger partial charge in [-0.25, -0.2) is 0 Å². The Hall–Kier alpha value is -2.53. The Balaban J connectivity index is 1.81. The minimum absolute atomic E-state index is 0.180. The Bertz CT molecular complexity index is 891. The Morgan fingerprint density at radius 2 is 1.88 bits per heavy atom. The van der Waals surface area contributed by atoms with Crippen LogP contribution in [-0.4, -0.2) is 30.4 Å². The SMILES string of the molecule is CSCCNC(=O)C1C(=O)N2c3ccccc3C=Cc3cccc1c32. The number of carbonyl (C=O) groups is 2. The van der Waals surface area contributed by atoms with Gasteiger partial charge in [0.25, 0.3) is 0 Å². The van der Waals surface area contributed by atoms with E-state index >= 15 is 0 Å². The molecule has 2 amide bonds. The lowest BCUT2D eigenvalue weighted by Gasteiger charge is -2.20. The molecule has 1 N–H and O–H groups in total. The van der Waals surface area contributed by atoms with Gasteiger partial charge in [0.15, 0.2) is 0 Å². The molecule has 4 nitrogen and oxygen atoms in total. The summed E-state index contributed by atoms with van der Waals surface area (Å²) in [4.78, 5) is 27.6. The molecule has 0 bridgehead atoms. The van der Waals surface area contributed by atoms with Gasteiger partial charge in [-0.05, 0) is 29.0 Å². The van der Waals surface area contributed by atoms with Gasteiger partial charge in [0.1, 0.15) is 5.92 Å². The van der Waals surface area contributed by atoms with Crippen LogP contribution >= 0.6 is 11.8 Å². The summed E-state index contributed by atoms with van der Waals surface area (Å²) in [6, 6.07) is 13.6. The van der Waals surface area contributed by atoms with E-state index in [1.165, 1.54) is 0 Å². The third-order valence-corrected chi connectivity index (χ3v) is 5.20. The number of anilines is 2. The molecular formula is C20H18N2O2S. The summed E-state index contributed by atoms with van der Waals surface area (Å²) in [6.07, 6.45) is 6.02. The standard InChI is InChI=1S/C20H18N2O2S/c1-25-12-11-21-19(23)17-15-7-4-6-14-10-9-13-5-2-3-8-16(13)22(18(14)15)20(17)24/h2-10,17H,11-12H2,1H3,(H,21,23). The van der Waals surface area contributed by atoms with Crippen molar-refractivity contribution in [2.24, 2.45) is 0 Å². The number of nitrogens with one attached hydrogen (secondary N) is 1. The minimum Gasteiger partial charge on any atom is -0.354 e. The summed E-state index contributed by atoms with van der Waals surface area (Å²) in [7, 11) is 0.